The molecule has 1 aliphatic heterocycles. The highest BCUT2D eigenvalue weighted by atomic mass is 32.2. The molecular weight excluding hydrogens is 344 g/mol. The van der Waals surface area contributed by atoms with Crippen LogP contribution in [0.2, 0.25) is 0 Å². The highest BCUT2D eigenvalue weighted by Crippen LogP contribution is 2.23. The number of benzene rings is 2. The second kappa shape index (κ2) is 8.33. The van der Waals surface area contributed by atoms with Gasteiger partial charge in [-0.05, 0) is 61.6 Å². The third-order valence-corrected chi connectivity index (χ3v) is 7.03. The molecule has 1 heterocycles. The van der Waals surface area contributed by atoms with Crippen molar-refractivity contribution in [2.24, 2.45) is 5.73 Å². The number of nitrogens with zero attached hydrogens (tertiary/aromatic N) is 1. The first-order chi connectivity index (χ1) is 12.5. The Labute approximate surface area is 156 Å². The van der Waals surface area contributed by atoms with Crippen molar-refractivity contribution in [3.63, 3.8) is 0 Å². The van der Waals surface area contributed by atoms with E-state index in [1.807, 2.05) is 12.1 Å². The zero-order chi connectivity index (χ0) is 18.6. The van der Waals surface area contributed by atoms with Crippen molar-refractivity contribution in [1.82, 2.24) is 4.90 Å². The smallest absolute Gasteiger partial charge is 0.179 e. The Morgan fingerprint density at radius 2 is 1.65 bits per heavy atom. The summed E-state index contributed by atoms with van der Waals surface area (Å²) in [4.78, 5) is 2.90. The monoisotopic (exact) mass is 372 g/mol. The van der Waals surface area contributed by atoms with E-state index in [0.29, 0.717) is 10.9 Å². The van der Waals surface area contributed by atoms with Crippen LogP contribution in [0.15, 0.2) is 53.4 Å². The fourth-order valence-electron chi connectivity index (χ4n) is 3.59. The third-order valence-electron chi connectivity index (χ3n) is 5.27. The Morgan fingerprint density at radius 1 is 1.04 bits per heavy atom. The van der Waals surface area contributed by atoms with Gasteiger partial charge in [0.2, 0.25) is 0 Å². The quantitative estimate of drug-likeness (QED) is 0.811. The summed E-state index contributed by atoms with van der Waals surface area (Å²) in [5.41, 5.74) is 8.85. The molecule has 4 nitrogen and oxygen atoms in total. The predicted molar refractivity (Wildman–Crippen MR) is 107 cm³/mol. The summed E-state index contributed by atoms with van der Waals surface area (Å²) in [7, 11) is -3.27. The molecule has 2 N–H and O–H groups in total. The SMILES string of the molecule is C[C@@H]1CCCN1CCc1ccc(-c2ccc(S(=O)(=O)CCN)cc2)cc1. The Morgan fingerprint density at radius 3 is 2.19 bits per heavy atom. The number of rotatable bonds is 7. The fraction of sp³-hybridized carbons (Fsp3) is 0.429. The average Bonchev–Trinajstić information content (AvgIpc) is 3.05. The molecule has 2 aromatic carbocycles. The predicted octanol–water partition coefficient (Wildman–Crippen LogP) is 3.11. The molecule has 1 fully saturated rings. The van der Waals surface area contributed by atoms with E-state index in [1.54, 1.807) is 12.1 Å². The highest BCUT2D eigenvalue weighted by Gasteiger charge is 2.19. The molecule has 0 amide bonds. The van der Waals surface area contributed by atoms with Crippen LogP contribution in [0, 0.1) is 0 Å². The first-order valence-corrected chi connectivity index (χ1v) is 11.0. The molecule has 2 aromatic rings. The van der Waals surface area contributed by atoms with Gasteiger partial charge in [-0.1, -0.05) is 36.4 Å². The molecule has 0 spiro atoms. The van der Waals surface area contributed by atoms with E-state index in [0.717, 1.165) is 24.1 Å². The molecule has 1 atom stereocenters. The number of likely N-dealkylation sites (tertiary alicyclic amines) is 1. The summed E-state index contributed by atoms with van der Waals surface area (Å²) in [5, 5.41) is 0. The molecule has 26 heavy (non-hydrogen) atoms. The molecule has 0 radical (unpaired) electrons. The second-order valence-electron chi connectivity index (χ2n) is 7.11. The first-order valence-electron chi connectivity index (χ1n) is 9.36. The fourth-order valence-corrected chi connectivity index (χ4v) is 4.69. The second-order valence-corrected chi connectivity index (χ2v) is 9.22. The summed E-state index contributed by atoms with van der Waals surface area (Å²) >= 11 is 0. The van der Waals surface area contributed by atoms with Gasteiger partial charge < -0.3 is 10.6 Å². The Kier molecular flexibility index (Phi) is 6.12. The van der Waals surface area contributed by atoms with Crippen LogP contribution in [0.4, 0.5) is 0 Å². The molecule has 3 rings (SSSR count). The van der Waals surface area contributed by atoms with Crippen molar-refractivity contribution in [2.75, 3.05) is 25.4 Å². The Bertz CT molecular complexity index is 814. The van der Waals surface area contributed by atoms with Gasteiger partial charge >= 0.3 is 0 Å². The largest absolute Gasteiger partial charge is 0.329 e. The van der Waals surface area contributed by atoms with E-state index in [4.69, 9.17) is 5.73 Å². The van der Waals surface area contributed by atoms with E-state index in [1.165, 1.54) is 24.9 Å². The summed E-state index contributed by atoms with van der Waals surface area (Å²) < 4.78 is 24.1. The van der Waals surface area contributed by atoms with Crippen molar-refractivity contribution in [3.05, 3.63) is 54.1 Å². The van der Waals surface area contributed by atoms with Gasteiger partial charge in [-0.2, -0.15) is 0 Å². The number of nitrogens with two attached hydrogens (primary N) is 1. The van der Waals surface area contributed by atoms with Gasteiger partial charge in [0, 0.05) is 19.1 Å². The zero-order valence-electron chi connectivity index (χ0n) is 15.4. The number of sulfone groups is 1. The normalized spacial score (nSPS) is 18.3. The average molecular weight is 373 g/mol. The maximum atomic E-state index is 12.0. The van der Waals surface area contributed by atoms with Crippen molar-refractivity contribution < 1.29 is 8.42 Å². The first kappa shape index (κ1) is 19.1. The van der Waals surface area contributed by atoms with Crippen molar-refractivity contribution in [2.45, 2.75) is 37.1 Å². The maximum Gasteiger partial charge on any atom is 0.179 e. The summed E-state index contributed by atoms with van der Waals surface area (Å²) in [5.74, 6) is -0.0172. The van der Waals surface area contributed by atoms with Crippen molar-refractivity contribution in [1.29, 1.82) is 0 Å². The van der Waals surface area contributed by atoms with Gasteiger partial charge in [-0.15, -0.1) is 0 Å². The van der Waals surface area contributed by atoms with Crippen LogP contribution in [-0.4, -0.2) is 44.7 Å². The molecular formula is C21H28N2O2S. The van der Waals surface area contributed by atoms with Gasteiger partial charge in [-0.3, -0.25) is 0 Å². The molecule has 0 bridgehead atoms. The van der Waals surface area contributed by atoms with E-state index >= 15 is 0 Å². The Hall–Kier alpha value is -1.69. The molecule has 0 aromatic heterocycles. The molecule has 0 unspecified atom stereocenters. The van der Waals surface area contributed by atoms with Crippen molar-refractivity contribution >= 4 is 9.84 Å². The highest BCUT2D eigenvalue weighted by molar-refractivity contribution is 7.91. The summed E-state index contributed by atoms with van der Waals surface area (Å²) in [6.07, 6.45) is 3.70. The molecule has 5 heteroatoms. The van der Waals surface area contributed by atoms with Crippen LogP contribution in [-0.2, 0) is 16.3 Å². The lowest BCUT2D eigenvalue weighted by Gasteiger charge is -2.20. The zero-order valence-corrected chi connectivity index (χ0v) is 16.2. The number of hydrogen-bond acceptors (Lipinski definition) is 4. The molecule has 1 saturated heterocycles. The molecule has 140 valence electrons. The minimum Gasteiger partial charge on any atom is -0.329 e. The van der Waals surface area contributed by atoms with E-state index in [9.17, 15) is 8.42 Å². The topological polar surface area (TPSA) is 63.4 Å². The lowest BCUT2D eigenvalue weighted by molar-refractivity contribution is 0.272. The molecule has 0 saturated carbocycles. The Balaban J connectivity index is 1.64. The van der Waals surface area contributed by atoms with Crippen molar-refractivity contribution in [3.8, 4) is 11.1 Å². The van der Waals surface area contributed by atoms with E-state index in [-0.39, 0.29) is 12.3 Å². The van der Waals surface area contributed by atoms with Crippen LogP contribution in [0.25, 0.3) is 11.1 Å². The van der Waals surface area contributed by atoms with Crippen LogP contribution < -0.4 is 5.73 Å². The van der Waals surface area contributed by atoms with Crippen LogP contribution in [0.3, 0.4) is 0 Å². The van der Waals surface area contributed by atoms with E-state index < -0.39 is 9.84 Å². The van der Waals surface area contributed by atoms with Crippen LogP contribution in [0.5, 0.6) is 0 Å². The van der Waals surface area contributed by atoms with Crippen LogP contribution >= 0.6 is 0 Å². The molecule has 1 aliphatic rings. The summed E-state index contributed by atoms with van der Waals surface area (Å²) in [6, 6.07) is 16.4. The van der Waals surface area contributed by atoms with Gasteiger partial charge in [-0.25, -0.2) is 8.42 Å². The lowest BCUT2D eigenvalue weighted by Crippen LogP contribution is -2.28. The van der Waals surface area contributed by atoms with E-state index in [2.05, 4.69) is 36.1 Å². The molecule has 0 aliphatic carbocycles. The van der Waals surface area contributed by atoms with Gasteiger partial charge in [0.1, 0.15) is 0 Å². The summed E-state index contributed by atoms with van der Waals surface area (Å²) in [6.45, 7) is 4.79. The maximum absolute atomic E-state index is 12.0. The lowest BCUT2D eigenvalue weighted by atomic mass is 10.0. The van der Waals surface area contributed by atoms with Gasteiger partial charge in [0.15, 0.2) is 9.84 Å². The minimum atomic E-state index is -3.27. The standard InChI is InChI=1S/C21H28N2O2S/c1-17-3-2-14-23(17)15-12-18-4-6-19(7-5-18)20-8-10-21(11-9-20)26(24,25)16-13-22/h4-11,17H,2-3,12-16,22H2,1H3/t17-/m1/s1. The minimum absolute atomic E-state index is 0.0172. The van der Waals surface area contributed by atoms with Gasteiger partial charge in [0.05, 0.1) is 10.6 Å². The number of hydrogen-bond donors (Lipinski definition) is 1. The van der Waals surface area contributed by atoms with Crippen LogP contribution in [0.1, 0.15) is 25.3 Å². The van der Waals surface area contributed by atoms with Gasteiger partial charge in [0.25, 0.3) is 0 Å². The third kappa shape index (κ3) is 4.53.